The number of carbonyl (C=O) groups is 2. The predicted octanol–water partition coefficient (Wildman–Crippen LogP) is 6.24. The standard InChI is InChI=1S/C29H34N4O3S/c1-19(34)10-6-4-9-13-26(28(35)33-29-32-27(18-37-29)21-11-7-5-8-12-21)30-17-24-20(2)31-25-15-14-22(36-3)16-23(24)25/h5,7-8,11-12,14-16,18,26,30-31H,4,6,9-10,13,17H2,1-3H3,(H,32,33,35)/t26-/m0/s1. The second-order valence-electron chi connectivity index (χ2n) is 9.27. The number of unbranched alkanes of at least 4 members (excludes halogenated alkanes) is 2. The number of aromatic nitrogens is 2. The molecule has 2 aromatic heterocycles. The maximum atomic E-state index is 13.3. The van der Waals surface area contributed by atoms with Crippen molar-refractivity contribution in [2.75, 3.05) is 12.4 Å². The SMILES string of the molecule is COc1ccc2[nH]c(C)c(CN[C@@H](CCCCCC(C)=O)C(=O)Nc3nc(-c4ccccc4)cs3)c2c1. The van der Waals surface area contributed by atoms with E-state index < -0.39 is 6.04 Å². The Morgan fingerprint density at radius 3 is 2.68 bits per heavy atom. The molecule has 0 aliphatic rings. The number of thiazole rings is 1. The van der Waals surface area contributed by atoms with Gasteiger partial charge in [-0.05, 0) is 50.5 Å². The highest BCUT2D eigenvalue weighted by Gasteiger charge is 2.21. The molecule has 0 radical (unpaired) electrons. The fourth-order valence-electron chi connectivity index (χ4n) is 4.43. The molecule has 1 atom stereocenters. The minimum absolute atomic E-state index is 0.101. The molecule has 0 saturated heterocycles. The number of carbonyl (C=O) groups excluding carboxylic acids is 2. The molecule has 8 heteroatoms. The molecule has 0 spiro atoms. The van der Waals surface area contributed by atoms with Crippen LogP contribution in [0.5, 0.6) is 5.75 Å². The van der Waals surface area contributed by atoms with E-state index in [-0.39, 0.29) is 11.7 Å². The summed E-state index contributed by atoms with van der Waals surface area (Å²) >= 11 is 1.42. The summed E-state index contributed by atoms with van der Waals surface area (Å²) in [5.41, 5.74) is 5.08. The van der Waals surface area contributed by atoms with Crippen molar-refractivity contribution in [2.45, 2.75) is 58.5 Å². The molecule has 4 aromatic rings. The minimum atomic E-state index is -0.392. The van der Waals surface area contributed by atoms with Gasteiger partial charge in [0.05, 0.1) is 18.8 Å². The number of ketones is 1. The van der Waals surface area contributed by atoms with Crippen LogP contribution in [0.15, 0.2) is 53.9 Å². The van der Waals surface area contributed by atoms with E-state index >= 15 is 0 Å². The van der Waals surface area contributed by atoms with Crippen molar-refractivity contribution in [3.8, 4) is 17.0 Å². The molecular formula is C29H34N4O3S. The van der Waals surface area contributed by atoms with Crippen LogP contribution >= 0.6 is 11.3 Å². The zero-order valence-corrected chi connectivity index (χ0v) is 22.4. The second kappa shape index (κ2) is 12.7. The Balaban J connectivity index is 1.46. The van der Waals surface area contributed by atoms with Gasteiger partial charge in [-0.1, -0.05) is 43.2 Å². The summed E-state index contributed by atoms with van der Waals surface area (Å²) < 4.78 is 5.42. The average molecular weight is 519 g/mol. The molecule has 0 bridgehead atoms. The van der Waals surface area contributed by atoms with Crippen molar-refractivity contribution in [3.63, 3.8) is 0 Å². The van der Waals surface area contributed by atoms with E-state index in [0.29, 0.717) is 24.5 Å². The fraction of sp³-hybridized carbons (Fsp3) is 0.345. The molecule has 7 nitrogen and oxygen atoms in total. The van der Waals surface area contributed by atoms with Gasteiger partial charge in [-0.15, -0.1) is 11.3 Å². The number of anilines is 1. The number of amides is 1. The van der Waals surface area contributed by atoms with Crippen molar-refractivity contribution in [2.24, 2.45) is 0 Å². The topological polar surface area (TPSA) is 96.1 Å². The van der Waals surface area contributed by atoms with Crippen LogP contribution in [0.2, 0.25) is 0 Å². The van der Waals surface area contributed by atoms with Crippen LogP contribution in [-0.2, 0) is 16.1 Å². The van der Waals surface area contributed by atoms with Crippen molar-refractivity contribution in [1.82, 2.24) is 15.3 Å². The number of hydrogen-bond acceptors (Lipinski definition) is 6. The number of aryl methyl sites for hydroxylation is 1. The largest absolute Gasteiger partial charge is 0.497 e. The van der Waals surface area contributed by atoms with Crippen LogP contribution in [0.1, 0.15) is 50.3 Å². The zero-order chi connectivity index (χ0) is 26.2. The Labute approximate surface area is 221 Å². The first-order valence-electron chi connectivity index (χ1n) is 12.6. The summed E-state index contributed by atoms with van der Waals surface area (Å²) in [5, 5.41) is 10.1. The Hall–Kier alpha value is -3.49. The normalized spacial score (nSPS) is 12.0. The number of nitrogens with one attached hydrogen (secondary N) is 3. The van der Waals surface area contributed by atoms with Gasteiger partial charge in [-0.2, -0.15) is 0 Å². The maximum absolute atomic E-state index is 13.3. The lowest BCUT2D eigenvalue weighted by Crippen LogP contribution is -2.40. The lowest BCUT2D eigenvalue weighted by atomic mass is 10.0. The smallest absolute Gasteiger partial charge is 0.243 e. The molecule has 37 heavy (non-hydrogen) atoms. The molecule has 4 rings (SSSR count). The Kier molecular flexibility index (Phi) is 9.09. The first kappa shape index (κ1) is 26.6. The highest BCUT2D eigenvalue weighted by Crippen LogP contribution is 2.27. The number of hydrogen-bond donors (Lipinski definition) is 3. The molecule has 3 N–H and O–H groups in total. The number of Topliss-reactive ketones (excluding diaryl/α,β-unsaturated/α-hetero) is 1. The number of benzene rings is 2. The summed E-state index contributed by atoms with van der Waals surface area (Å²) in [7, 11) is 1.66. The lowest BCUT2D eigenvalue weighted by Gasteiger charge is -2.18. The first-order valence-corrected chi connectivity index (χ1v) is 13.5. The molecule has 0 unspecified atom stereocenters. The molecule has 0 fully saturated rings. The van der Waals surface area contributed by atoms with E-state index in [1.165, 1.54) is 11.3 Å². The fourth-order valence-corrected chi connectivity index (χ4v) is 5.15. The van der Waals surface area contributed by atoms with Gasteiger partial charge in [0.15, 0.2) is 5.13 Å². The van der Waals surface area contributed by atoms with Gasteiger partial charge >= 0.3 is 0 Å². The number of H-pyrrole nitrogens is 1. The molecule has 194 valence electrons. The number of aromatic amines is 1. The molecule has 1 amide bonds. The van der Waals surface area contributed by atoms with E-state index in [2.05, 4.69) is 20.6 Å². The molecule has 2 heterocycles. The molecule has 0 aliphatic heterocycles. The van der Waals surface area contributed by atoms with Crippen LogP contribution in [0.3, 0.4) is 0 Å². The summed E-state index contributed by atoms with van der Waals surface area (Å²) in [6.45, 7) is 4.20. The van der Waals surface area contributed by atoms with E-state index in [0.717, 1.165) is 58.4 Å². The number of fused-ring (bicyclic) bond motifs is 1. The molecule has 0 saturated carbocycles. The number of rotatable bonds is 13. The monoisotopic (exact) mass is 518 g/mol. The van der Waals surface area contributed by atoms with Crippen molar-refractivity contribution in [1.29, 1.82) is 0 Å². The lowest BCUT2D eigenvalue weighted by molar-refractivity contribution is -0.119. The number of nitrogens with zero attached hydrogens (tertiary/aromatic N) is 1. The number of methoxy groups -OCH3 is 1. The Bertz CT molecular complexity index is 1350. The van der Waals surface area contributed by atoms with Gasteiger partial charge < -0.3 is 25.1 Å². The van der Waals surface area contributed by atoms with Gasteiger partial charge in [0.1, 0.15) is 11.5 Å². The average Bonchev–Trinajstić information content (AvgIpc) is 3.49. The highest BCUT2D eigenvalue weighted by atomic mass is 32.1. The minimum Gasteiger partial charge on any atom is -0.497 e. The molecular weight excluding hydrogens is 484 g/mol. The Morgan fingerprint density at radius 1 is 1.11 bits per heavy atom. The second-order valence-corrected chi connectivity index (χ2v) is 10.1. The van der Waals surface area contributed by atoms with Crippen LogP contribution < -0.4 is 15.4 Å². The van der Waals surface area contributed by atoms with Gasteiger partial charge in [-0.25, -0.2) is 4.98 Å². The number of ether oxygens (including phenoxy) is 1. The van der Waals surface area contributed by atoms with Crippen molar-refractivity contribution < 1.29 is 14.3 Å². The quantitative estimate of drug-likeness (QED) is 0.182. The zero-order valence-electron chi connectivity index (χ0n) is 21.6. The van der Waals surface area contributed by atoms with Crippen LogP contribution in [0, 0.1) is 6.92 Å². The van der Waals surface area contributed by atoms with E-state index in [1.807, 2.05) is 60.8 Å². The predicted molar refractivity (Wildman–Crippen MR) is 150 cm³/mol. The summed E-state index contributed by atoms with van der Waals surface area (Å²) in [6.07, 6.45) is 3.86. The van der Waals surface area contributed by atoms with E-state index in [1.54, 1.807) is 14.0 Å². The summed E-state index contributed by atoms with van der Waals surface area (Å²) in [5.74, 6) is 0.900. The van der Waals surface area contributed by atoms with Gasteiger partial charge in [0, 0.05) is 40.5 Å². The van der Waals surface area contributed by atoms with Crippen LogP contribution in [0.4, 0.5) is 5.13 Å². The summed E-state index contributed by atoms with van der Waals surface area (Å²) in [6, 6.07) is 15.5. The highest BCUT2D eigenvalue weighted by molar-refractivity contribution is 7.14. The first-order chi connectivity index (χ1) is 17.9. The Morgan fingerprint density at radius 2 is 1.92 bits per heavy atom. The van der Waals surface area contributed by atoms with Gasteiger partial charge in [0.2, 0.25) is 5.91 Å². The molecule has 2 aromatic carbocycles. The third kappa shape index (κ3) is 7.05. The van der Waals surface area contributed by atoms with Crippen molar-refractivity contribution >= 4 is 39.1 Å². The third-order valence-electron chi connectivity index (χ3n) is 6.49. The van der Waals surface area contributed by atoms with Crippen molar-refractivity contribution in [3.05, 3.63) is 65.2 Å². The third-order valence-corrected chi connectivity index (χ3v) is 7.25. The van der Waals surface area contributed by atoms with Gasteiger partial charge in [0.25, 0.3) is 0 Å². The van der Waals surface area contributed by atoms with Gasteiger partial charge in [-0.3, -0.25) is 4.79 Å². The van der Waals surface area contributed by atoms with Crippen LogP contribution in [0.25, 0.3) is 22.2 Å². The molecule has 0 aliphatic carbocycles. The van der Waals surface area contributed by atoms with E-state index in [4.69, 9.17) is 4.74 Å². The maximum Gasteiger partial charge on any atom is 0.243 e. The van der Waals surface area contributed by atoms with E-state index in [9.17, 15) is 9.59 Å². The van der Waals surface area contributed by atoms with Crippen LogP contribution in [-0.4, -0.2) is 34.8 Å². The summed E-state index contributed by atoms with van der Waals surface area (Å²) in [4.78, 5) is 32.7.